The number of aldehydes is 3. The van der Waals surface area contributed by atoms with Gasteiger partial charge in [-0.25, -0.2) is 4.79 Å². The number of anilines is 1. The molecule has 0 atom stereocenters. The number of para-hydroxylation sites is 1. The Balaban J connectivity index is 0.000000345. The van der Waals surface area contributed by atoms with E-state index in [1.54, 1.807) is 60.7 Å². The summed E-state index contributed by atoms with van der Waals surface area (Å²) in [4.78, 5) is 80.0. The normalized spacial score (nSPS) is 9.47. The van der Waals surface area contributed by atoms with E-state index < -0.39 is 20.8 Å². The van der Waals surface area contributed by atoms with Gasteiger partial charge in [0.1, 0.15) is 0 Å². The molecule has 0 spiro atoms. The molecule has 7 rings (SSSR count). The first-order valence-electron chi connectivity index (χ1n) is 22.4. The molecule has 0 aliphatic carbocycles. The fourth-order valence-corrected chi connectivity index (χ4v) is 20.2. The summed E-state index contributed by atoms with van der Waals surface area (Å²) in [7, 11) is 5.44. The molecule has 22 heteroatoms. The first kappa shape index (κ1) is 69.1. The SMILES string of the molecule is COC(=O)c1ccccc1N.COC(=O)c1ccccc1[Se]C#N.COC(=O)c1ccccc1[Se]C[Se]c1ccccc1C(=O)OC.C[Se]c1ccccc1C=O.O=Cc1ccccc1[Se]C[Se]c1ccccc1C=O.[O]=[Mn]=[O]. The molecule has 7 aromatic rings. The van der Waals surface area contributed by atoms with Gasteiger partial charge in [0.05, 0.1) is 12.7 Å². The minimum atomic E-state index is -1.44. The van der Waals surface area contributed by atoms with Crippen molar-refractivity contribution in [2.75, 3.05) is 34.2 Å². The Labute approximate surface area is 502 Å². The number of hydrogen-bond donors (Lipinski definition) is 1. The number of nitrogens with zero attached hydrogens (tertiary/aromatic N) is 1. The minimum absolute atomic E-state index is 0.147. The van der Waals surface area contributed by atoms with E-state index in [1.165, 1.54) is 32.9 Å². The number of nitriles is 1. The number of esters is 4. The van der Waals surface area contributed by atoms with E-state index >= 15 is 0 Å². The molecule has 411 valence electrons. The summed E-state index contributed by atoms with van der Waals surface area (Å²) >= 11 is -0.460. The van der Waals surface area contributed by atoms with Crippen molar-refractivity contribution in [3.05, 3.63) is 209 Å². The summed E-state index contributed by atoms with van der Waals surface area (Å²) in [6.07, 6.45) is 2.76. The summed E-state index contributed by atoms with van der Waals surface area (Å²) in [5, 5.41) is 8.52. The number of methoxy groups -OCH3 is 4. The zero-order valence-corrected chi connectivity index (χ0v) is 54.4. The molecule has 0 aliphatic rings. The van der Waals surface area contributed by atoms with Gasteiger partial charge in [0, 0.05) is 5.69 Å². The van der Waals surface area contributed by atoms with Crippen LogP contribution in [0.4, 0.5) is 5.69 Å². The van der Waals surface area contributed by atoms with Crippen LogP contribution in [0.2, 0.25) is 14.3 Å². The third-order valence-corrected chi connectivity index (χ3v) is 24.5. The predicted molar refractivity (Wildman–Crippen MR) is 306 cm³/mol. The van der Waals surface area contributed by atoms with Gasteiger partial charge in [-0.05, 0) is 12.1 Å². The molecule has 0 amide bonds. The van der Waals surface area contributed by atoms with Gasteiger partial charge >= 0.3 is 450 Å². The molecule has 0 fully saturated rings. The summed E-state index contributed by atoms with van der Waals surface area (Å²) in [5.41, 5.74) is 10.5. The number of hydrogen-bond acceptors (Lipinski definition) is 15. The average Bonchev–Trinajstić information content (AvgIpc) is 3.50. The molecule has 0 saturated carbocycles. The molecule has 2 N–H and O–H groups in total. The molecule has 0 bridgehead atoms. The molecular weight excluding hydrogens is 1450 g/mol. The number of ether oxygens (including phenoxy) is 4. The van der Waals surface area contributed by atoms with E-state index in [-0.39, 0.29) is 92.7 Å². The van der Waals surface area contributed by atoms with Crippen LogP contribution in [0.25, 0.3) is 0 Å². The molecule has 0 aliphatic heterocycles. The number of benzene rings is 7. The quantitative estimate of drug-likeness (QED) is 0.0446. The van der Waals surface area contributed by atoms with E-state index in [1.807, 2.05) is 109 Å². The first-order valence-corrected chi connectivity index (χ1v) is 36.0. The van der Waals surface area contributed by atoms with Crippen molar-refractivity contribution in [1.82, 2.24) is 0 Å². The van der Waals surface area contributed by atoms with Crippen molar-refractivity contribution in [2.24, 2.45) is 0 Å². The van der Waals surface area contributed by atoms with Crippen molar-refractivity contribution in [1.29, 1.82) is 5.26 Å². The summed E-state index contributed by atoms with van der Waals surface area (Å²) in [5.74, 6) is 0.723. The second-order valence-corrected chi connectivity index (χ2v) is 30.2. The van der Waals surface area contributed by atoms with Crippen molar-refractivity contribution in [3.63, 3.8) is 0 Å². The van der Waals surface area contributed by atoms with E-state index in [2.05, 4.69) is 20.3 Å². The van der Waals surface area contributed by atoms with Gasteiger partial charge in [-0.15, -0.1) is 0 Å². The van der Waals surface area contributed by atoms with Gasteiger partial charge in [-0.3, -0.25) is 0 Å². The van der Waals surface area contributed by atoms with E-state index in [9.17, 15) is 33.6 Å². The maximum absolute atomic E-state index is 11.8. The predicted octanol–water partition coefficient (Wildman–Crippen LogP) is 4.02. The van der Waals surface area contributed by atoms with Crippen LogP contribution in [0.5, 0.6) is 0 Å². The zero-order chi connectivity index (χ0) is 58.2. The average molecular weight is 1500 g/mol. The van der Waals surface area contributed by atoms with Crippen LogP contribution in [0, 0.1) is 10.2 Å². The Morgan fingerprint density at radius 3 is 1.04 bits per heavy atom. The summed E-state index contributed by atoms with van der Waals surface area (Å²) in [6, 6.07) is 52.0. The Morgan fingerprint density at radius 2 is 0.709 bits per heavy atom. The molecular formula is C57H52MnN2O13Se6. The number of carbonyl (C=O) groups excluding carboxylic acids is 7. The Bertz CT molecular complexity index is 3060. The van der Waals surface area contributed by atoms with Crippen molar-refractivity contribution in [2.45, 2.75) is 14.3 Å². The summed E-state index contributed by atoms with van der Waals surface area (Å²) in [6.45, 7) is 0. The van der Waals surface area contributed by atoms with E-state index in [4.69, 9.17) is 28.1 Å². The topological polar surface area (TPSA) is 240 Å². The fraction of sp³-hybridized carbons (Fsp3) is 0.123. The molecule has 0 unspecified atom stereocenters. The molecule has 0 heterocycles. The molecule has 0 saturated heterocycles. The van der Waals surface area contributed by atoms with Gasteiger partial charge in [0.2, 0.25) is 0 Å². The van der Waals surface area contributed by atoms with Crippen LogP contribution < -0.4 is 32.5 Å². The third kappa shape index (κ3) is 25.3. The molecule has 7 aromatic carbocycles. The van der Waals surface area contributed by atoms with Crippen LogP contribution in [0.1, 0.15) is 72.5 Å². The van der Waals surface area contributed by atoms with E-state index in [0.717, 1.165) is 66.3 Å². The van der Waals surface area contributed by atoms with Gasteiger partial charge in [-0.2, -0.15) is 0 Å². The Kier molecular flexibility index (Phi) is 36.7. The zero-order valence-electron chi connectivity index (χ0n) is 43.0. The van der Waals surface area contributed by atoms with Crippen molar-refractivity contribution >= 4 is 165 Å². The van der Waals surface area contributed by atoms with Crippen LogP contribution in [0.15, 0.2) is 170 Å². The van der Waals surface area contributed by atoms with Crippen LogP contribution in [0.3, 0.4) is 0 Å². The fourth-order valence-electron chi connectivity index (χ4n) is 5.91. The molecule has 15 nitrogen and oxygen atoms in total. The van der Waals surface area contributed by atoms with Crippen LogP contribution >= 0.6 is 0 Å². The van der Waals surface area contributed by atoms with Crippen LogP contribution in [-0.4, -0.2) is 161 Å². The summed E-state index contributed by atoms with van der Waals surface area (Å²) < 4.78 is 43.9. The second-order valence-electron chi connectivity index (χ2n) is 14.3. The van der Waals surface area contributed by atoms with Gasteiger partial charge in [-0.1, -0.05) is 12.1 Å². The second kappa shape index (κ2) is 41.9. The van der Waals surface area contributed by atoms with Crippen molar-refractivity contribution < 1.29 is 75.0 Å². The monoisotopic (exact) mass is 1510 g/mol. The molecule has 79 heavy (non-hydrogen) atoms. The standard InChI is InChI=1S/C17H16O4Se2.C15H12O2Se2.C9H7NO2Se.C8H9NO2.C8H8OSe.Mn.2O/c1-20-16(18)12-7-3-5-9-14(12)22-11-23-15-10-6-4-8-13(15)17(19)21-2;16-9-12-5-1-3-7-14(12)18-11-19-15-8-4-2-6-13(15)10-17;1-12-9(11)7-4-2-3-5-8(7)13-6-10;1-11-8(10)6-4-2-3-5-7(6)9;1-10-8-5-3-2-4-7(8)6-9;;;/h3-10H,11H2,1-2H3;1-10H,11H2;2-5H,1H3;2-5H,9H2,1H3;2-6H,1H3;;;. The number of rotatable bonds is 17. The number of nitrogens with two attached hydrogens (primary N) is 1. The number of nitrogen functional groups attached to an aromatic ring is 1. The third-order valence-electron chi connectivity index (χ3n) is 9.61. The van der Waals surface area contributed by atoms with Crippen molar-refractivity contribution in [3.8, 4) is 4.97 Å². The van der Waals surface area contributed by atoms with Gasteiger partial charge in [0.25, 0.3) is 0 Å². The van der Waals surface area contributed by atoms with Crippen LogP contribution in [-0.2, 0) is 41.4 Å². The Hall–Kier alpha value is -6.04. The van der Waals surface area contributed by atoms with E-state index in [0.29, 0.717) is 42.9 Å². The Morgan fingerprint density at radius 1 is 0.443 bits per heavy atom. The number of carbonyl (C=O) groups is 7. The van der Waals surface area contributed by atoms with Gasteiger partial charge < -0.3 is 10.5 Å². The first-order chi connectivity index (χ1) is 38.4. The molecule has 0 aromatic heterocycles. The van der Waals surface area contributed by atoms with Gasteiger partial charge in [0.15, 0.2) is 0 Å². The molecule has 0 radical (unpaired) electrons. The maximum atomic E-state index is 11.8.